The summed E-state index contributed by atoms with van der Waals surface area (Å²) in [6.45, 7) is 1.40. The molecule has 184 valence electrons. The fourth-order valence-corrected chi connectivity index (χ4v) is 3.61. The molecule has 0 aliphatic rings. The normalized spacial score (nSPS) is 10.8. The lowest BCUT2D eigenvalue weighted by Gasteiger charge is -2.13. The number of likely N-dealkylation sites (N-methyl/N-ethyl adjacent to an activating group) is 1. The first-order valence-corrected chi connectivity index (χ1v) is 10.8. The van der Waals surface area contributed by atoms with Crippen LogP contribution in [-0.2, 0) is 0 Å². The van der Waals surface area contributed by atoms with E-state index >= 15 is 0 Å². The number of anilines is 2. The molecule has 0 radical (unpaired) electrons. The molecule has 2 aromatic heterocycles. The molecule has 0 unspecified atom stereocenters. The van der Waals surface area contributed by atoms with Gasteiger partial charge in [-0.3, -0.25) is 4.79 Å². The Morgan fingerprint density at radius 3 is 2.57 bits per heavy atom. The molecule has 0 aliphatic heterocycles. The molecule has 0 saturated carbocycles. The number of hydrogen-bond donors (Lipinski definition) is 1. The van der Waals surface area contributed by atoms with Gasteiger partial charge < -0.3 is 19.8 Å². The molecule has 2 heterocycles. The van der Waals surface area contributed by atoms with Gasteiger partial charge in [-0.2, -0.15) is 4.98 Å². The van der Waals surface area contributed by atoms with E-state index in [1.165, 1.54) is 37.6 Å². The van der Waals surface area contributed by atoms with Gasteiger partial charge in [-0.25, -0.2) is 9.37 Å². The van der Waals surface area contributed by atoms with Crippen LogP contribution in [-0.4, -0.2) is 54.0 Å². The molecule has 2 aromatic carbocycles. The number of hydrogen-bond acceptors (Lipinski definition) is 7. The van der Waals surface area contributed by atoms with E-state index in [4.69, 9.17) is 21.2 Å². The molecule has 4 aromatic rings. The van der Waals surface area contributed by atoms with Crippen LogP contribution in [0.1, 0.15) is 7.43 Å². The first-order valence-electron chi connectivity index (χ1n) is 10.4. The molecule has 4 rings (SSSR count). The molecular weight excluding hydrogens is 473 g/mol. The Hall–Kier alpha value is -3.69. The summed E-state index contributed by atoms with van der Waals surface area (Å²) in [5, 5.41) is 3.69. The van der Waals surface area contributed by atoms with Crippen LogP contribution in [0.4, 0.5) is 16.0 Å². The van der Waals surface area contributed by atoms with Crippen LogP contribution in [0.3, 0.4) is 0 Å². The molecule has 0 fully saturated rings. The van der Waals surface area contributed by atoms with Gasteiger partial charge in [-0.05, 0) is 56.6 Å². The third-order valence-corrected chi connectivity index (χ3v) is 5.35. The maximum Gasteiger partial charge on any atom is 0.293 e. The van der Waals surface area contributed by atoms with Gasteiger partial charge in [0.05, 0.1) is 10.6 Å². The Kier molecular flexibility index (Phi) is 8.26. The van der Waals surface area contributed by atoms with Crippen molar-refractivity contribution < 1.29 is 14.0 Å². The van der Waals surface area contributed by atoms with E-state index < -0.39 is 11.4 Å². The molecule has 0 atom stereocenters. The fourth-order valence-electron chi connectivity index (χ4n) is 3.34. The van der Waals surface area contributed by atoms with Crippen molar-refractivity contribution in [2.45, 2.75) is 7.43 Å². The summed E-state index contributed by atoms with van der Waals surface area (Å²) in [5.74, 6) is 0.398. The van der Waals surface area contributed by atoms with E-state index in [0.29, 0.717) is 12.0 Å². The minimum absolute atomic E-state index is 0. The topological polar surface area (TPSA) is 81.5 Å². The summed E-state index contributed by atoms with van der Waals surface area (Å²) >= 11 is 6.17. The molecule has 0 aliphatic carbocycles. The number of ether oxygens (including phenoxy) is 1. The molecule has 10 heteroatoms. The predicted octanol–water partition coefficient (Wildman–Crippen LogP) is 4.63. The van der Waals surface area contributed by atoms with Gasteiger partial charge in [0, 0.05) is 29.4 Å². The minimum Gasteiger partial charge on any atom is -0.492 e. The van der Waals surface area contributed by atoms with Crippen molar-refractivity contribution in [3.05, 3.63) is 75.9 Å². The van der Waals surface area contributed by atoms with Crippen LogP contribution < -0.4 is 20.5 Å². The zero-order chi connectivity index (χ0) is 24.2. The van der Waals surface area contributed by atoms with Gasteiger partial charge in [0.15, 0.2) is 5.65 Å². The molecule has 0 saturated heterocycles. The lowest BCUT2D eigenvalue weighted by molar-refractivity contribution is 0.168. The summed E-state index contributed by atoms with van der Waals surface area (Å²) in [4.78, 5) is 29.1. The molecule has 0 spiro atoms. The average Bonchev–Trinajstić information content (AvgIpc) is 2.80. The number of fused-ring (bicyclic) bond motifs is 1. The Morgan fingerprint density at radius 2 is 1.91 bits per heavy atom. The van der Waals surface area contributed by atoms with Gasteiger partial charge in [0.2, 0.25) is 5.95 Å². The van der Waals surface area contributed by atoms with Crippen molar-refractivity contribution in [2.24, 2.45) is 0 Å². The van der Waals surface area contributed by atoms with Crippen LogP contribution in [0.15, 0.2) is 59.5 Å². The van der Waals surface area contributed by atoms with Crippen molar-refractivity contribution in [3.8, 4) is 16.9 Å². The number of nitrogens with one attached hydrogen (secondary N) is 1. The highest BCUT2D eigenvalue weighted by Gasteiger charge is 2.18. The SMILES string of the molecule is C.COn1c(=O)c(-c2c(F)cccc2Cl)cc2cnc(Nc3ccc(OCCN(C)C)cc3)nc21. The zero-order valence-corrected chi connectivity index (χ0v) is 19.6. The van der Waals surface area contributed by atoms with Crippen LogP contribution in [0.25, 0.3) is 22.2 Å². The van der Waals surface area contributed by atoms with Crippen molar-refractivity contribution in [3.63, 3.8) is 0 Å². The molecule has 0 amide bonds. The number of benzene rings is 2. The maximum absolute atomic E-state index is 14.5. The van der Waals surface area contributed by atoms with Crippen molar-refractivity contribution >= 4 is 34.3 Å². The van der Waals surface area contributed by atoms with Gasteiger partial charge in [-0.1, -0.05) is 25.1 Å². The highest BCUT2D eigenvalue weighted by Crippen LogP contribution is 2.30. The first kappa shape index (κ1) is 25.9. The Morgan fingerprint density at radius 1 is 1.17 bits per heavy atom. The Bertz CT molecular complexity index is 1360. The quantitative estimate of drug-likeness (QED) is 0.378. The monoisotopic (exact) mass is 499 g/mol. The van der Waals surface area contributed by atoms with Crippen LogP contribution in [0.5, 0.6) is 5.75 Å². The standard InChI is InChI=1S/C24H23ClFN5O3.CH4/c1-30(2)11-12-34-17-9-7-16(8-10-17)28-24-27-14-15-13-18(21-19(25)5-4-6-20(21)26)23(32)31(33-3)22(15)29-24;/h4-10,13-14H,11-12H2,1-3H3,(H,27,28,29);1H4. The van der Waals surface area contributed by atoms with Crippen LogP contribution in [0.2, 0.25) is 5.02 Å². The largest absolute Gasteiger partial charge is 0.492 e. The Balaban J connectivity index is 0.00000342. The average molecular weight is 500 g/mol. The number of nitrogens with zero attached hydrogens (tertiary/aromatic N) is 4. The highest BCUT2D eigenvalue weighted by atomic mass is 35.5. The second-order valence-corrected chi connectivity index (χ2v) is 8.12. The lowest BCUT2D eigenvalue weighted by Crippen LogP contribution is -2.27. The van der Waals surface area contributed by atoms with E-state index in [0.717, 1.165) is 22.7 Å². The van der Waals surface area contributed by atoms with Crippen molar-refractivity contribution in [2.75, 3.05) is 39.7 Å². The van der Waals surface area contributed by atoms with E-state index in [2.05, 4.69) is 15.3 Å². The summed E-state index contributed by atoms with van der Waals surface area (Å²) in [7, 11) is 5.30. The highest BCUT2D eigenvalue weighted by molar-refractivity contribution is 6.33. The second kappa shape index (κ2) is 11.2. The van der Waals surface area contributed by atoms with Crippen LogP contribution >= 0.6 is 11.6 Å². The molecule has 35 heavy (non-hydrogen) atoms. The summed E-state index contributed by atoms with van der Waals surface area (Å²) in [6.07, 6.45) is 1.52. The van der Waals surface area contributed by atoms with Crippen molar-refractivity contribution in [1.29, 1.82) is 0 Å². The third-order valence-electron chi connectivity index (χ3n) is 5.04. The van der Waals surface area contributed by atoms with E-state index in [-0.39, 0.29) is 35.2 Å². The summed E-state index contributed by atoms with van der Waals surface area (Å²) in [5.41, 5.74) is 0.416. The summed E-state index contributed by atoms with van der Waals surface area (Å²) in [6, 6.07) is 13.1. The van der Waals surface area contributed by atoms with Crippen LogP contribution in [0, 0.1) is 5.82 Å². The molecule has 1 N–H and O–H groups in total. The van der Waals surface area contributed by atoms with Crippen molar-refractivity contribution in [1.82, 2.24) is 19.6 Å². The lowest BCUT2D eigenvalue weighted by atomic mass is 10.1. The number of pyridine rings is 1. The number of aromatic nitrogens is 3. The van der Waals surface area contributed by atoms with E-state index in [9.17, 15) is 9.18 Å². The Labute approximate surface area is 207 Å². The molecule has 0 bridgehead atoms. The van der Waals surface area contributed by atoms with E-state index in [1.807, 2.05) is 43.3 Å². The zero-order valence-electron chi connectivity index (χ0n) is 18.9. The van der Waals surface area contributed by atoms with Gasteiger partial charge in [0.25, 0.3) is 5.56 Å². The van der Waals surface area contributed by atoms with Gasteiger partial charge >= 0.3 is 0 Å². The van der Waals surface area contributed by atoms with E-state index in [1.54, 1.807) is 0 Å². The molecular formula is C25H27ClFN5O3. The second-order valence-electron chi connectivity index (χ2n) is 7.71. The minimum atomic E-state index is -0.611. The van der Waals surface area contributed by atoms with Gasteiger partial charge in [0.1, 0.15) is 25.3 Å². The fraction of sp³-hybridized carbons (Fsp3) is 0.240. The predicted molar refractivity (Wildman–Crippen MR) is 137 cm³/mol. The smallest absolute Gasteiger partial charge is 0.293 e. The summed E-state index contributed by atoms with van der Waals surface area (Å²) < 4.78 is 21.1. The maximum atomic E-state index is 14.5. The van der Waals surface area contributed by atoms with Gasteiger partial charge in [-0.15, -0.1) is 4.73 Å². The molecule has 8 nitrogen and oxygen atoms in total. The third kappa shape index (κ3) is 5.70. The number of rotatable bonds is 8. The number of halogens is 2. The first-order chi connectivity index (χ1) is 16.4.